The number of hydrogen-bond donors (Lipinski definition) is 0. The van der Waals surface area contributed by atoms with E-state index in [1.54, 1.807) is 18.2 Å². The Hall–Kier alpha value is -1.51. The molecule has 0 radical (unpaired) electrons. The van der Waals surface area contributed by atoms with Crippen LogP contribution in [0.1, 0.15) is 18.1 Å². The van der Waals surface area contributed by atoms with Crippen molar-refractivity contribution in [2.24, 2.45) is 0 Å². The van der Waals surface area contributed by atoms with E-state index in [9.17, 15) is 13.2 Å². The summed E-state index contributed by atoms with van der Waals surface area (Å²) in [4.78, 5) is 0. The number of benzene rings is 1. The third kappa shape index (κ3) is 2.49. The smallest absolute Gasteiger partial charge is 0.200 e. The summed E-state index contributed by atoms with van der Waals surface area (Å²) in [7, 11) is 0. The van der Waals surface area contributed by atoms with Gasteiger partial charge in [-0.15, -0.1) is 0 Å². The third-order valence-electron chi connectivity index (χ3n) is 1.69. The van der Waals surface area contributed by atoms with Gasteiger partial charge in [0.15, 0.2) is 5.83 Å². The Morgan fingerprint density at radius 3 is 2.07 bits per heavy atom. The molecule has 0 nitrogen and oxygen atoms in total. The molecule has 1 aromatic carbocycles. The van der Waals surface area contributed by atoms with Gasteiger partial charge in [0.05, 0.1) is 0 Å². The zero-order valence-corrected chi connectivity index (χ0v) is 7.60. The molecule has 0 heterocycles. The molecule has 3 heteroatoms. The predicted octanol–water partition coefficient (Wildman–Crippen LogP) is 4.25. The Morgan fingerprint density at radius 1 is 1.07 bits per heavy atom. The van der Waals surface area contributed by atoms with Crippen LogP contribution in [0.15, 0.2) is 36.4 Å². The molecule has 0 N–H and O–H groups in total. The number of rotatable bonds is 2. The van der Waals surface area contributed by atoms with E-state index in [1.165, 1.54) is 12.1 Å². The second-order valence-electron chi connectivity index (χ2n) is 2.70. The molecule has 0 unspecified atom stereocenters. The fraction of sp³-hybridized carbons (Fsp3) is 0.0909. The highest BCUT2D eigenvalue weighted by atomic mass is 19.3. The van der Waals surface area contributed by atoms with Crippen LogP contribution in [0.3, 0.4) is 0 Å². The van der Waals surface area contributed by atoms with E-state index in [4.69, 9.17) is 0 Å². The average molecular weight is 198 g/mol. The Bertz CT molecular complexity index is 357. The van der Waals surface area contributed by atoms with Gasteiger partial charge in [-0.05, 0) is 12.5 Å². The average Bonchev–Trinajstić information content (AvgIpc) is 2.18. The minimum absolute atomic E-state index is 0.0988. The van der Waals surface area contributed by atoms with Crippen molar-refractivity contribution in [2.75, 3.05) is 0 Å². The normalized spacial score (nSPS) is 10.6. The van der Waals surface area contributed by atoms with Crippen LogP contribution in [0, 0.1) is 0 Å². The van der Waals surface area contributed by atoms with E-state index in [0.29, 0.717) is 0 Å². The Kier molecular flexibility index (Phi) is 3.51. The first-order valence-electron chi connectivity index (χ1n) is 4.09. The van der Waals surface area contributed by atoms with Gasteiger partial charge in [-0.3, -0.25) is 0 Å². The Balaban J connectivity index is 3.00. The fourth-order valence-electron chi connectivity index (χ4n) is 1.04. The molecule has 0 aromatic heterocycles. The van der Waals surface area contributed by atoms with Crippen molar-refractivity contribution in [2.45, 2.75) is 6.92 Å². The maximum atomic E-state index is 12.7. The van der Waals surface area contributed by atoms with Crippen LogP contribution in [0.2, 0.25) is 0 Å². The van der Waals surface area contributed by atoms with Crippen molar-refractivity contribution < 1.29 is 13.2 Å². The van der Waals surface area contributed by atoms with Gasteiger partial charge in [0.1, 0.15) is 0 Å². The summed E-state index contributed by atoms with van der Waals surface area (Å²) in [5.41, 5.74) is 0.751. The molecule has 0 aliphatic heterocycles. The second-order valence-corrected chi connectivity index (χ2v) is 2.70. The molecule has 1 rings (SSSR count). The van der Waals surface area contributed by atoms with Crippen molar-refractivity contribution in [3.8, 4) is 0 Å². The molecule has 0 atom stereocenters. The molecule has 0 spiro atoms. The summed E-state index contributed by atoms with van der Waals surface area (Å²) < 4.78 is 36.4. The van der Waals surface area contributed by atoms with E-state index >= 15 is 0 Å². The summed E-state index contributed by atoms with van der Waals surface area (Å²) in [6.45, 7) is 1.84. The third-order valence-corrected chi connectivity index (χ3v) is 1.69. The Labute approximate surface area is 80.4 Å². The number of halogens is 3. The lowest BCUT2D eigenvalue weighted by molar-refractivity contribution is 0.410. The molecule has 0 aliphatic carbocycles. The van der Waals surface area contributed by atoms with Gasteiger partial charge in [0, 0.05) is 5.56 Å². The summed E-state index contributed by atoms with van der Waals surface area (Å²) in [6.07, 6.45) is 1.33. The summed E-state index contributed by atoms with van der Waals surface area (Å²) in [6, 6.07) is 5.81. The van der Waals surface area contributed by atoms with Gasteiger partial charge >= 0.3 is 6.08 Å². The van der Waals surface area contributed by atoms with Crippen LogP contribution in [-0.2, 0) is 0 Å². The topological polar surface area (TPSA) is 0 Å². The molecule has 0 saturated carbocycles. The first-order valence-corrected chi connectivity index (χ1v) is 4.09. The fourth-order valence-corrected chi connectivity index (χ4v) is 1.04. The first-order chi connectivity index (χ1) is 6.65. The summed E-state index contributed by atoms with van der Waals surface area (Å²) in [5, 5.41) is 0. The second kappa shape index (κ2) is 4.65. The van der Waals surface area contributed by atoms with Gasteiger partial charge in [0.25, 0.3) is 0 Å². The van der Waals surface area contributed by atoms with Crippen LogP contribution >= 0.6 is 0 Å². The Morgan fingerprint density at radius 2 is 1.64 bits per heavy atom. The molecule has 0 saturated heterocycles. The van der Waals surface area contributed by atoms with Gasteiger partial charge in [-0.2, -0.15) is 8.78 Å². The van der Waals surface area contributed by atoms with Crippen LogP contribution < -0.4 is 0 Å². The molecule has 74 valence electrons. The van der Waals surface area contributed by atoms with E-state index in [1.807, 2.05) is 13.0 Å². The molecule has 1 aromatic rings. The van der Waals surface area contributed by atoms with Crippen molar-refractivity contribution in [1.82, 2.24) is 0 Å². The highest BCUT2D eigenvalue weighted by molar-refractivity contribution is 5.62. The highest BCUT2D eigenvalue weighted by Crippen LogP contribution is 2.22. The van der Waals surface area contributed by atoms with Crippen molar-refractivity contribution in [1.29, 1.82) is 0 Å². The quantitative estimate of drug-likeness (QED) is 0.666. The van der Waals surface area contributed by atoms with Gasteiger partial charge < -0.3 is 0 Å². The lowest BCUT2D eigenvalue weighted by atomic mass is 10.1. The lowest BCUT2D eigenvalue weighted by Gasteiger charge is -1.97. The lowest BCUT2D eigenvalue weighted by Crippen LogP contribution is -1.80. The van der Waals surface area contributed by atoms with Gasteiger partial charge in [0.2, 0.25) is 0 Å². The first kappa shape index (κ1) is 10.6. The molecular formula is C11H9F3. The standard InChI is InChI=1S/C11H9F3/c1-2-3-8-4-6-9(7-5-8)10(12)11(13)14/h2-7H,1H3/b3-2+. The minimum atomic E-state index is -2.29. The summed E-state index contributed by atoms with van der Waals surface area (Å²) >= 11 is 0. The number of allylic oxidation sites excluding steroid dienone is 1. The van der Waals surface area contributed by atoms with E-state index < -0.39 is 11.9 Å². The predicted molar refractivity (Wildman–Crippen MR) is 51.4 cm³/mol. The molecular weight excluding hydrogens is 189 g/mol. The minimum Gasteiger partial charge on any atom is -0.200 e. The maximum absolute atomic E-state index is 12.7. The van der Waals surface area contributed by atoms with E-state index in [2.05, 4.69) is 0 Å². The van der Waals surface area contributed by atoms with Crippen molar-refractivity contribution >= 4 is 11.9 Å². The molecule has 0 fully saturated rings. The zero-order valence-electron chi connectivity index (χ0n) is 7.60. The molecule has 0 amide bonds. The molecule has 0 bridgehead atoms. The zero-order chi connectivity index (χ0) is 10.6. The van der Waals surface area contributed by atoms with Gasteiger partial charge in [-0.1, -0.05) is 36.4 Å². The van der Waals surface area contributed by atoms with Gasteiger partial charge in [-0.25, -0.2) is 4.39 Å². The van der Waals surface area contributed by atoms with E-state index in [0.717, 1.165) is 5.56 Å². The van der Waals surface area contributed by atoms with Crippen molar-refractivity contribution in [3.63, 3.8) is 0 Å². The highest BCUT2D eigenvalue weighted by Gasteiger charge is 2.07. The monoisotopic (exact) mass is 198 g/mol. The number of hydrogen-bond acceptors (Lipinski definition) is 0. The van der Waals surface area contributed by atoms with Crippen LogP contribution in [0.5, 0.6) is 0 Å². The molecule has 0 aliphatic rings. The largest absolute Gasteiger partial charge is 0.306 e. The van der Waals surface area contributed by atoms with Crippen LogP contribution in [0.4, 0.5) is 13.2 Å². The summed E-state index contributed by atoms with van der Waals surface area (Å²) in [5.74, 6) is -1.46. The maximum Gasteiger partial charge on any atom is 0.306 e. The van der Waals surface area contributed by atoms with Crippen LogP contribution in [-0.4, -0.2) is 0 Å². The van der Waals surface area contributed by atoms with Crippen molar-refractivity contribution in [3.05, 3.63) is 47.5 Å². The van der Waals surface area contributed by atoms with E-state index in [-0.39, 0.29) is 5.56 Å². The SMILES string of the molecule is C/C=C/c1ccc(C(F)=C(F)F)cc1. The molecule has 14 heavy (non-hydrogen) atoms. The van der Waals surface area contributed by atoms with Crippen LogP contribution in [0.25, 0.3) is 11.9 Å².